The van der Waals surface area contributed by atoms with E-state index in [-0.39, 0.29) is 0 Å². The number of rotatable bonds is 7. The summed E-state index contributed by atoms with van der Waals surface area (Å²) in [5.74, 6) is -2.07. The number of benzene rings is 1. The minimum Gasteiger partial charge on any atom is -0.314 e. The number of nitrogens with zero attached hydrogens (tertiary/aromatic N) is 2. The Labute approximate surface area is 136 Å². The number of hydrogen-bond donors (Lipinski definition) is 1. The molecule has 12 heteroatoms. The second kappa shape index (κ2) is 6.98. The van der Waals surface area contributed by atoms with E-state index in [1.54, 1.807) is 0 Å². The van der Waals surface area contributed by atoms with Gasteiger partial charge in [-0.1, -0.05) is 0 Å². The topological polar surface area (TPSA) is 159 Å². The molecule has 1 atom stereocenters. The lowest BCUT2D eigenvalue weighted by Gasteiger charge is -2.10. The Balaban J connectivity index is 2.22. The minimum absolute atomic E-state index is 0.329. The van der Waals surface area contributed by atoms with Gasteiger partial charge in [-0.15, -0.1) is 0 Å². The van der Waals surface area contributed by atoms with E-state index >= 15 is 0 Å². The summed E-state index contributed by atoms with van der Waals surface area (Å²) in [6, 6.07) is 2.27. The third kappa shape index (κ3) is 4.53. The monoisotopic (exact) mass is 359 g/mol. The first-order valence-corrected chi connectivity index (χ1v) is 8.34. The molecule has 1 heterocycles. The first-order chi connectivity index (χ1) is 11.2. The van der Waals surface area contributed by atoms with Crippen molar-refractivity contribution in [1.82, 2.24) is 5.32 Å². The van der Waals surface area contributed by atoms with Crippen molar-refractivity contribution in [2.45, 2.75) is 12.5 Å². The molecule has 0 aliphatic carbocycles. The van der Waals surface area contributed by atoms with E-state index in [0.29, 0.717) is 25.6 Å². The first kappa shape index (κ1) is 17.9. The summed E-state index contributed by atoms with van der Waals surface area (Å²) in [5, 5.41) is 24.5. The number of hydrogen-bond acceptors (Lipinski definition) is 9. The van der Waals surface area contributed by atoms with Gasteiger partial charge in [-0.25, -0.2) is 0 Å². The Kier molecular flexibility index (Phi) is 5.21. The SMILES string of the molecule is O=C(CS(=O)(=O)OC1CCNC1)c1cc([N+](=O)[O-])cc([N+](=O)[O-])c1. The molecule has 1 aliphatic rings. The van der Waals surface area contributed by atoms with Gasteiger partial charge in [0.25, 0.3) is 21.5 Å². The second-order valence-corrected chi connectivity index (χ2v) is 6.69. The standard InChI is InChI=1S/C12H13N3O8S/c16-12(7-24(21,22)23-11-1-2-13-6-11)8-3-9(14(17)18)5-10(4-8)15(19)20/h3-5,11,13H,1-2,6-7H2. The number of nitro benzene ring substituents is 2. The normalized spacial score (nSPS) is 17.6. The summed E-state index contributed by atoms with van der Waals surface area (Å²) in [7, 11) is -4.21. The number of Topliss-reactive ketones (excluding diaryl/α,β-unsaturated/α-hetero) is 1. The second-order valence-electron chi connectivity index (χ2n) is 5.09. The summed E-state index contributed by atoms with van der Waals surface area (Å²) in [4.78, 5) is 31.8. The lowest BCUT2D eigenvalue weighted by Crippen LogP contribution is -2.26. The first-order valence-electron chi connectivity index (χ1n) is 6.77. The van der Waals surface area contributed by atoms with Gasteiger partial charge in [0.1, 0.15) is 5.75 Å². The molecule has 1 aromatic rings. The van der Waals surface area contributed by atoms with E-state index in [1.807, 2.05) is 0 Å². The van der Waals surface area contributed by atoms with Crippen molar-refractivity contribution in [2.75, 3.05) is 18.8 Å². The van der Waals surface area contributed by atoms with E-state index in [0.717, 1.165) is 12.1 Å². The predicted molar refractivity (Wildman–Crippen MR) is 80.2 cm³/mol. The lowest BCUT2D eigenvalue weighted by molar-refractivity contribution is -0.394. The van der Waals surface area contributed by atoms with Gasteiger partial charge in [-0.05, 0) is 13.0 Å². The van der Waals surface area contributed by atoms with Crippen LogP contribution in [0, 0.1) is 20.2 Å². The molecule has 1 fully saturated rings. The molecule has 1 saturated heterocycles. The van der Waals surface area contributed by atoms with Crippen LogP contribution in [0.4, 0.5) is 11.4 Å². The van der Waals surface area contributed by atoms with Crippen LogP contribution in [-0.2, 0) is 14.3 Å². The molecule has 0 bridgehead atoms. The number of nitro groups is 2. The summed E-state index contributed by atoms with van der Waals surface area (Å²) in [5.41, 5.74) is -1.79. The fourth-order valence-corrected chi connectivity index (χ4v) is 3.30. The lowest BCUT2D eigenvalue weighted by atomic mass is 10.1. The molecule has 0 spiro atoms. The molecule has 0 amide bonds. The van der Waals surface area contributed by atoms with Gasteiger partial charge in [0.05, 0.1) is 22.0 Å². The molecule has 1 N–H and O–H groups in total. The Bertz CT molecular complexity index is 753. The van der Waals surface area contributed by atoms with Crippen LogP contribution in [-0.4, -0.2) is 49.0 Å². The van der Waals surface area contributed by atoms with Gasteiger partial charge < -0.3 is 5.32 Å². The Morgan fingerprint density at radius 1 is 1.21 bits per heavy atom. The van der Waals surface area contributed by atoms with Crippen LogP contribution in [0.15, 0.2) is 18.2 Å². The Morgan fingerprint density at radius 3 is 2.25 bits per heavy atom. The molecule has 2 rings (SSSR count). The van der Waals surface area contributed by atoms with Crippen LogP contribution < -0.4 is 5.32 Å². The summed E-state index contributed by atoms with van der Waals surface area (Å²) < 4.78 is 28.6. The maximum absolute atomic E-state index is 12.1. The highest BCUT2D eigenvalue weighted by Gasteiger charge is 2.27. The van der Waals surface area contributed by atoms with Gasteiger partial charge in [-0.3, -0.25) is 29.2 Å². The zero-order valence-corrected chi connectivity index (χ0v) is 13.0. The van der Waals surface area contributed by atoms with E-state index in [9.17, 15) is 33.4 Å². The molecule has 1 aromatic carbocycles. The van der Waals surface area contributed by atoms with Crippen LogP contribution in [0.2, 0.25) is 0 Å². The van der Waals surface area contributed by atoms with Gasteiger partial charge in [0, 0.05) is 24.2 Å². The Morgan fingerprint density at radius 2 is 1.79 bits per heavy atom. The highest BCUT2D eigenvalue weighted by molar-refractivity contribution is 7.87. The van der Waals surface area contributed by atoms with E-state index in [1.165, 1.54) is 0 Å². The number of nitrogens with one attached hydrogen (secondary N) is 1. The fourth-order valence-electron chi connectivity index (χ4n) is 2.16. The molecule has 11 nitrogen and oxygen atoms in total. The van der Waals surface area contributed by atoms with E-state index in [2.05, 4.69) is 5.32 Å². The Hall–Kier alpha value is -2.44. The van der Waals surface area contributed by atoms with Crippen LogP contribution >= 0.6 is 0 Å². The smallest absolute Gasteiger partial charge is 0.277 e. The van der Waals surface area contributed by atoms with E-state index < -0.39 is 54.5 Å². The van der Waals surface area contributed by atoms with Gasteiger partial charge in [0.15, 0.2) is 5.78 Å². The third-order valence-electron chi connectivity index (χ3n) is 3.25. The highest BCUT2D eigenvalue weighted by Crippen LogP contribution is 2.23. The van der Waals surface area contributed by atoms with Crippen LogP contribution in [0.25, 0.3) is 0 Å². The molecular weight excluding hydrogens is 346 g/mol. The van der Waals surface area contributed by atoms with Crippen LogP contribution in [0.1, 0.15) is 16.8 Å². The quantitative estimate of drug-likeness (QED) is 0.314. The molecule has 0 saturated carbocycles. The zero-order chi connectivity index (χ0) is 17.9. The molecule has 130 valence electrons. The molecule has 1 unspecified atom stereocenters. The predicted octanol–water partition coefficient (Wildman–Crippen LogP) is 0.394. The van der Waals surface area contributed by atoms with Crippen LogP contribution in [0.3, 0.4) is 0 Å². The zero-order valence-electron chi connectivity index (χ0n) is 12.2. The van der Waals surface area contributed by atoms with Gasteiger partial charge in [0.2, 0.25) is 0 Å². The van der Waals surface area contributed by atoms with E-state index in [4.69, 9.17) is 4.18 Å². The number of ketones is 1. The summed E-state index contributed by atoms with van der Waals surface area (Å²) in [6.07, 6.45) is -0.113. The van der Waals surface area contributed by atoms with Crippen molar-refractivity contribution < 1.29 is 27.2 Å². The maximum atomic E-state index is 12.1. The van der Waals surface area contributed by atoms with Crippen molar-refractivity contribution >= 4 is 27.3 Å². The number of carbonyl (C=O) groups is 1. The number of carbonyl (C=O) groups excluding carboxylic acids is 1. The van der Waals surface area contributed by atoms with Gasteiger partial charge >= 0.3 is 0 Å². The third-order valence-corrected chi connectivity index (χ3v) is 4.43. The van der Waals surface area contributed by atoms with Crippen molar-refractivity contribution in [3.8, 4) is 0 Å². The average Bonchev–Trinajstić information content (AvgIpc) is 2.98. The fraction of sp³-hybridized carbons (Fsp3) is 0.417. The molecular formula is C12H13N3O8S. The van der Waals surface area contributed by atoms with Crippen molar-refractivity contribution in [1.29, 1.82) is 0 Å². The average molecular weight is 359 g/mol. The van der Waals surface area contributed by atoms with Crippen LogP contribution in [0.5, 0.6) is 0 Å². The summed E-state index contributed by atoms with van der Waals surface area (Å²) >= 11 is 0. The molecule has 24 heavy (non-hydrogen) atoms. The van der Waals surface area contributed by atoms with Gasteiger partial charge in [-0.2, -0.15) is 8.42 Å². The maximum Gasteiger partial charge on any atom is 0.277 e. The van der Waals surface area contributed by atoms with Crippen molar-refractivity contribution in [2.24, 2.45) is 0 Å². The molecule has 0 aromatic heterocycles. The number of non-ortho nitro benzene ring substituents is 2. The summed E-state index contributed by atoms with van der Waals surface area (Å²) in [6.45, 7) is 0.918. The molecule has 1 aliphatic heterocycles. The van der Waals surface area contributed by atoms with Crippen molar-refractivity contribution in [3.05, 3.63) is 44.0 Å². The van der Waals surface area contributed by atoms with Crippen molar-refractivity contribution in [3.63, 3.8) is 0 Å². The highest BCUT2D eigenvalue weighted by atomic mass is 32.2. The molecule has 0 radical (unpaired) electrons. The largest absolute Gasteiger partial charge is 0.314 e. The minimum atomic E-state index is -4.21.